The van der Waals surface area contributed by atoms with Gasteiger partial charge in [0.2, 0.25) is 5.91 Å². The van der Waals surface area contributed by atoms with E-state index in [0.29, 0.717) is 12.2 Å². The second kappa shape index (κ2) is 13.2. The lowest BCUT2D eigenvalue weighted by Crippen LogP contribution is -2.38. The standard InChI is InChI=1S/C32H35F3N2O6P2/c1-17-21-5-3-4-6-24(21)36(11-12-38)31(41)29(17)37-16-23(28-26(44)13-20(42-2)14-27(28)45)22(30(37)40)15-25(39)18-7-9-19(10-8-18)43-32(33,34)35/h7-10,13-14,22-23,38H,3-6,11-12,15-16,44-45H2,1-2H3/t22-,23+/m0/s1. The lowest BCUT2D eigenvalue weighted by Gasteiger charge is -2.28. The summed E-state index contributed by atoms with van der Waals surface area (Å²) in [6, 6.07) is 8.24. The summed E-state index contributed by atoms with van der Waals surface area (Å²) < 4.78 is 48.9. The molecule has 4 atom stereocenters. The number of aliphatic hydroxyl groups is 1. The van der Waals surface area contributed by atoms with Crippen molar-refractivity contribution in [3.05, 3.63) is 74.7 Å². The number of carbonyl (C=O) groups is 2. The zero-order valence-electron chi connectivity index (χ0n) is 24.9. The van der Waals surface area contributed by atoms with E-state index in [1.54, 1.807) is 11.7 Å². The van der Waals surface area contributed by atoms with Gasteiger partial charge in [0, 0.05) is 36.7 Å². The van der Waals surface area contributed by atoms with E-state index in [1.165, 1.54) is 17.0 Å². The molecule has 2 unspecified atom stereocenters. The molecule has 0 spiro atoms. The Balaban J connectivity index is 1.57. The van der Waals surface area contributed by atoms with Crippen LogP contribution >= 0.6 is 18.5 Å². The number of pyridine rings is 1. The number of alkyl halides is 3. The summed E-state index contributed by atoms with van der Waals surface area (Å²) in [5.41, 5.74) is 3.48. The van der Waals surface area contributed by atoms with Crippen LogP contribution < -0.4 is 30.5 Å². The minimum absolute atomic E-state index is 0.111. The SMILES string of the molecule is COc1cc(P)c([C@@H]2CN(c3c(C)c4c(n(CCO)c3=O)CCCC4)C(=O)[C@H]2CC(=O)c2ccc(OC(F)(F)F)cc2)c(P)c1. The van der Waals surface area contributed by atoms with Crippen molar-refractivity contribution in [1.82, 2.24) is 4.57 Å². The Labute approximate surface area is 263 Å². The van der Waals surface area contributed by atoms with Crippen LogP contribution in [-0.2, 0) is 24.2 Å². The monoisotopic (exact) mass is 662 g/mol. The van der Waals surface area contributed by atoms with Crippen LogP contribution in [-0.4, -0.2) is 48.0 Å². The van der Waals surface area contributed by atoms with Crippen molar-refractivity contribution in [2.24, 2.45) is 5.92 Å². The number of aliphatic hydroxyl groups excluding tert-OH is 1. The largest absolute Gasteiger partial charge is 0.573 e. The molecule has 240 valence electrons. The lowest BCUT2D eigenvalue weighted by atomic mass is 9.84. The van der Waals surface area contributed by atoms with Crippen LogP contribution in [0.15, 0.2) is 41.2 Å². The van der Waals surface area contributed by atoms with E-state index in [0.717, 1.165) is 64.4 Å². The minimum atomic E-state index is -4.87. The molecule has 1 N–H and O–H groups in total. The fourth-order valence-electron chi connectivity index (χ4n) is 6.69. The Kier molecular flexibility index (Phi) is 9.73. The molecular formula is C32H35F3N2O6P2. The molecule has 1 saturated heterocycles. The number of ketones is 1. The molecule has 1 amide bonds. The van der Waals surface area contributed by atoms with Crippen LogP contribution in [0.4, 0.5) is 18.9 Å². The lowest BCUT2D eigenvalue weighted by molar-refractivity contribution is -0.274. The molecule has 8 nitrogen and oxygen atoms in total. The number of aromatic nitrogens is 1. The molecule has 0 radical (unpaired) electrons. The summed E-state index contributed by atoms with van der Waals surface area (Å²) in [5.74, 6) is -2.02. The molecule has 3 aromatic rings. The zero-order chi connectivity index (χ0) is 32.6. The summed E-state index contributed by atoms with van der Waals surface area (Å²) >= 11 is 0. The van der Waals surface area contributed by atoms with E-state index in [-0.39, 0.29) is 48.8 Å². The van der Waals surface area contributed by atoms with E-state index in [4.69, 9.17) is 4.74 Å². The number of hydrogen-bond donors (Lipinski definition) is 1. The van der Waals surface area contributed by atoms with Gasteiger partial charge in [0.15, 0.2) is 5.78 Å². The Morgan fingerprint density at radius 2 is 1.69 bits per heavy atom. The first-order valence-electron chi connectivity index (χ1n) is 14.6. The summed E-state index contributed by atoms with van der Waals surface area (Å²) in [5, 5.41) is 11.3. The van der Waals surface area contributed by atoms with Gasteiger partial charge in [-0.25, -0.2) is 0 Å². The highest BCUT2D eigenvalue weighted by Crippen LogP contribution is 2.41. The molecule has 2 heterocycles. The predicted octanol–water partition coefficient (Wildman–Crippen LogP) is 3.96. The van der Waals surface area contributed by atoms with Crippen molar-refractivity contribution >= 4 is 46.5 Å². The van der Waals surface area contributed by atoms with Gasteiger partial charge in [-0.15, -0.1) is 31.7 Å². The third kappa shape index (κ3) is 6.67. The molecular weight excluding hydrogens is 627 g/mol. The highest BCUT2D eigenvalue weighted by Gasteiger charge is 2.45. The quantitative estimate of drug-likeness (QED) is 0.276. The topological polar surface area (TPSA) is 98.1 Å². The Morgan fingerprint density at radius 1 is 1.04 bits per heavy atom. The first-order valence-corrected chi connectivity index (χ1v) is 15.8. The molecule has 5 rings (SSSR count). The van der Waals surface area contributed by atoms with Crippen LogP contribution in [0.5, 0.6) is 11.5 Å². The molecule has 2 aliphatic rings. The third-order valence-electron chi connectivity index (χ3n) is 8.70. The van der Waals surface area contributed by atoms with Gasteiger partial charge in [-0.05, 0) is 96.3 Å². The molecule has 13 heteroatoms. The van der Waals surface area contributed by atoms with Gasteiger partial charge in [-0.2, -0.15) is 0 Å². The number of Topliss-reactive ketones (excluding diaryl/α,β-unsaturated/α-hetero) is 1. The summed E-state index contributed by atoms with van der Waals surface area (Å²) in [6.45, 7) is 1.87. The van der Waals surface area contributed by atoms with Crippen LogP contribution in [0.25, 0.3) is 0 Å². The van der Waals surface area contributed by atoms with E-state index >= 15 is 0 Å². The van der Waals surface area contributed by atoms with Crippen molar-refractivity contribution in [1.29, 1.82) is 0 Å². The Morgan fingerprint density at radius 3 is 2.29 bits per heavy atom. The highest BCUT2D eigenvalue weighted by atomic mass is 31.0. The van der Waals surface area contributed by atoms with E-state index in [9.17, 15) is 32.7 Å². The maximum atomic E-state index is 14.3. The second-order valence-electron chi connectivity index (χ2n) is 11.4. The highest BCUT2D eigenvalue weighted by molar-refractivity contribution is 7.29. The zero-order valence-corrected chi connectivity index (χ0v) is 27.3. The van der Waals surface area contributed by atoms with Gasteiger partial charge in [-0.3, -0.25) is 14.4 Å². The third-order valence-corrected chi connectivity index (χ3v) is 9.66. The second-order valence-corrected chi connectivity index (χ2v) is 12.6. The number of ether oxygens (including phenoxy) is 2. The average molecular weight is 663 g/mol. The fourth-order valence-corrected chi connectivity index (χ4v) is 7.94. The molecule has 1 aliphatic carbocycles. The van der Waals surface area contributed by atoms with E-state index in [2.05, 4.69) is 23.2 Å². The average Bonchev–Trinajstić information content (AvgIpc) is 3.29. The van der Waals surface area contributed by atoms with Crippen LogP contribution in [0.1, 0.15) is 57.9 Å². The number of methoxy groups -OCH3 is 1. The first-order chi connectivity index (χ1) is 21.3. The van der Waals surface area contributed by atoms with Gasteiger partial charge < -0.3 is 24.0 Å². The number of amides is 1. The molecule has 1 aliphatic heterocycles. The number of carbonyl (C=O) groups excluding carboxylic acids is 2. The number of hydrogen-bond acceptors (Lipinski definition) is 6. The van der Waals surface area contributed by atoms with E-state index in [1.807, 2.05) is 19.1 Å². The van der Waals surface area contributed by atoms with Crippen molar-refractivity contribution in [3.8, 4) is 11.5 Å². The molecule has 1 aromatic heterocycles. The maximum Gasteiger partial charge on any atom is 0.573 e. The molecule has 2 aromatic carbocycles. The maximum absolute atomic E-state index is 14.3. The summed E-state index contributed by atoms with van der Waals surface area (Å²) in [6.07, 6.45) is -1.75. The predicted molar refractivity (Wildman–Crippen MR) is 172 cm³/mol. The number of rotatable bonds is 9. The van der Waals surface area contributed by atoms with Gasteiger partial charge >= 0.3 is 6.36 Å². The Hall–Kier alpha value is -3.26. The normalized spacial score (nSPS) is 18.2. The number of anilines is 1. The Bertz CT molecular complexity index is 1670. The molecule has 45 heavy (non-hydrogen) atoms. The fraction of sp³-hybridized carbons (Fsp3) is 0.406. The van der Waals surface area contributed by atoms with Gasteiger partial charge in [0.1, 0.15) is 17.2 Å². The van der Waals surface area contributed by atoms with Crippen molar-refractivity contribution in [2.45, 2.75) is 57.9 Å². The molecule has 1 fully saturated rings. The van der Waals surface area contributed by atoms with Gasteiger partial charge in [-0.1, -0.05) is 0 Å². The van der Waals surface area contributed by atoms with Crippen LogP contribution in [0, 0.1) is 12.8 Å². The van der Waals surface area contributed by atoms with Crippen molar-refractivity contribution in [2.75, 3.05) is 25.2 Å². The number of benzene rings is 2. The minimum Gasteiger partial charge on any atom is -0.497 e. The van der Waals surface area contributed by atoms with Crippen LogP contribution in [0.2, 0.25) is 0 Å². The summed E-state index contributed by atoms with van der Waals surface area (Å²) in [4.78, 5) is 43.4. The molecule has 0 saturated carbocycles. The van der Waals surface area contributed by atoms with Gasteiger partial charge in [0.05, 0.1) is 19.6 Å². The number of nitrogens with zero attached hydrogens (tertiary/aromatic N) is 2. The first kappa shape index (κ1) is 33.1. The number of fused-ring (bicyclic) bond motifs is 1. The van der Waals surface area contributed by atoms with E-state index < -0.39 is 29.7 Å². The molecule has 0 bridgehead atoms. The number of halogens is 3. The summed E-state index contributed by atoms with van der Waals surface area (Å²) in [7, 11) is 6.87. The van der Waals surface area contributed by atoms with Gasteiger partial charge in [0.25, 0.3) is 5.56 Å². The van der Waals surface area contributed by atoms with Crippen molar-refractivity contribution in [3.63, 3.8) is 0 Å². The smallest absolute Gasteiger partial charge is 0.497 e. The van der Waals surface area contributed by atoms with Crippen molar-refractivity contribution < 1.29 is 37.3 Å². The van der Waals surface area contributed by atoms with Crippen LogP contribution in [0.3, 0.4) is 0 Å².